The Morgan fingerprint density at radius 2 is 1.93 bits per heavy atom. The topological polar surface area (TPSA) is 47.0 Å². The van der Waals surface area contributed by atoms with E-state index in [1.54, 1.807) is 0 Å². The van der Waals surface area contributed by atoms with Crippen molar-refractivity contribution in [3.8, 4) is 11.3 Å². The monoisotopic (exact) mass is 359 g/mol. The largest absolute Gasteiger partial charge is 0.300 e. The normalized spacial score (nSPS) is 29.0. The van der Waals surface area contributed by atoms with E-state index in [0.29, 0.717) is 37.2 Å². The number of hydrogen-bond donors (Lipinski definition) is 0. The molecule has 0 N–H and O–H groups in total. The molecule has 0 radical (unpaired) electrons. The van der Waals surface area contributed by atoms with E-state index >= 15 is 0 Å². The summed E-state index contributed by atoms with van der Waals surface area (Å²) in [6.45, 7) is 6.62. The molecule has 3 aliphatic rings. The average molecular weight is 359 g/mol. The van der Waals surface area contributed by atoms with Gasteiger partial charge in [-0.3, -0.25) is 14.6 Å². The molecule has 3 aliphatic carbocycles. The van der Waals surface area contributed by atoms with Gasteiger partial charge in [0.2, 0.25) is 0 Å². The molecule has 0 saturated heterocycles. The quantitative estimate of drug-likeness (QED) is 0.683. The third-order valence-electron chi connectivity index (χ3n) is 7.00. The van der Waals surface area contributed by atoms with Gasteiger partial charge in [-0.15, -0.1) is 0 Å². The van der Waals surface area contributed by atoms with Crippen LogP contribution in [0.4, 0.5) is 0 Å². The number of pyridine rings is 1. The van der Waals surface area contributed by atoms with Crippen molar-refractivity contribution in [1.29, 1.82) is 0 Å². The second-order valence-corrected chi connectivity index (χ2v) is 9.59. The number of ketones is 2. The zero-order valence-electron chi connectivity index (χ0n) is 16.2. The Kier molecular flexibility index (Phi) is 3.35. The zero-order chi connectivity index (χ0) is 19.0. The van der Waals surface area contributed by atoms with Crippen LogP contribution in [-0.4, -0.2) is 16.6 Å². The third kappa shape index (κ3) is 2.24. The maximum absolute atomic E-state index is 13.0. The van der Waals surface area contributed by atoms with E-state index in [9.17, 15) is 9.59 Å². The Morgan fingerprint density at radius 1 is 1.11 bits per heavy atom. The molecule has 1 heterocycles. The first-order chi connectivity index (χ1) is 12.8. The fourth-order valence-electron chi connectivity index (χ4n) is 5.78. The van der Waals surface area contributed by atoms with Gasteiger partial charge in [0.25, 0.3) is 0 Å². The third-order valence-corrected chi connectivity index (χ3v) is 7.00. The number of hydrogen-bond acceptors (Lipinski definition) is 3. The predicted molar refractivity (Wildman–Crippen MR) is 105 cm³/mol. The lowest BCUT2D eigenvalue weighted by Crippen LogP contribution is -2.36. The van der Waals surface area contributed by atoms with Crippen LogP contribution in [0.2, 0.25) is 0 Å². The van der Waals surface area contributed by atoms with Gasteiger partial charge in [-0.2, -0.15) is 0 Å². The molecule has 0 amide bonds. The van der Waals surface area contributed by atoms with E-state index in [4.69, 9.17) is 4.98 Å². The summed E-state index contributed by atoms with van der Waals surface area (Å²) in [7, 11) is 0. The van der Waals surface area contributed by atoms with Gasteiger partial charge in [0.15, 0.2) is 0 Å². The van der Waals surface area contributed by atoms with Crippen LogP contribution in [0.15, 0.2) is 36.5 Å². The number of aromatic nitrogens is 1. The molecule has 138 valence electrons. The molecule has 0 spiro atoms. The summed E-state index contributed by atoms with van der Waals surface area (Å²) >= 11 is 0. The Morgan fingerprint density at radius 3 is 2.70 bits per heavy atom. The number of benzene rings is 1. The summed E-state index contributed by atoms with van der Waals surface area (Å²) < 4.78 is 0. The van der Waals surface area contributed by atoms with Crippen LogP contribution in [-0.2, 0) is 20.4 Å². The van der Waals surface area contributed by atoms with E-state index in [-0.39, 0.29) is 22.7 Å². The van der Waals surface area contributed by atoms with Gasteiger partial charge >= 0.3 is 0 Å². The lowest BCUT2D eigenvalue weighted by atomic mass is 9.60. The summed E-state index contributed by atoms with van der Waals surface area (Å²) in [4.78, 5) is 30.5. The molecule has 2 fully saturated rings. The number of nitrogens with zero attached hydrogens (tertiary/aromatic N) is 1. The second kappa shape index (κ2) is 5.37. The molecule has 1 aromatic carbocycles. The predicted octanol–water partition coefficient (Wildman–Crippen LogP) is 4.72. The Bertz CT molecular complexity index is 984. The molecular formula is C24H25NO2. The molecule has 0 aliphatic heterocycles. The smallest absolute Gasteiger partial charge is 0.137 e. The van der Waals surface area contributed by atoms with Crippen LogP contribution >= 0.6 is 0 Å². The molecule has 3 unspecified atom stereocenters. The van der Waals surface area contributed by atoms with Gasteiger partial charge in [0.1, 0.15) is 11.6 Å². The van der Waals surface area contributed by atoms with E-state index < -0.39 is 0 Å². The maximum Gasteiger partial charge on any atom is 0.137 e. The summed E-state index contributed by atoms with van der Waals surface area (Å²) in [5, 5.41) is 0. The number of rotatable bonds is 0. The molecule has 2 bridgehead atoms. The van der Waals surface area contributed by atoms with Crippen LogP contribution in [0.3, 0.4) is 0 Å². The molecule has 2 aromatic rings. The Labute approximate surface area is 160 Å². The summed E-state index contributed by atoms with van der Waals surface area (Å²) in [5.74, 6) is 0.666. The average Bonchev–Trinajstić information content (AvgIpc) is 2.80. The van der Waals surface area contributed by atoms with Crippen LogP contribution in [0, 0.1) is 5.92 Å². The van der Waals surface area contributed by atoms with Crippen LogP contribution in [0.25, 0.3) is 11.3 Å². The molecule has 3 nitrogen and oxygen atoms in total. The van der Waals surface area contributed by atoms with Gasteiger partial charge < -0.3 is 0 Å². The lowest BCUT2D eigenvalue weighted by Gasteiger charge is -2.42. The summed E-state index contributed by atoms with van der Waals surface area (Å²) in [6, 6.07) is 10.7. The molecule has 3 atom stereocenters. The minimum Gasteiger partial charge on any atom is -0.300 e. The van der Waals surface area contributed by atoms with E-state index in [1.165, 1.54) is 16.7 Å². The number of Topliss-reactive ketones (excluding diaryl/α,β-unsaturated/α-hetero) is 2. The molecule has 3 heteroatoms. The van der Waals surface area contributed by atoms with Crippen molar-refractivity contribution in [1.82, 2.24) is 4.98 Å². The fraction of sp³-hybridized carbons (Fsp3) is 0.458. The number of fused-ring (bicyclic) bond motifs is 3. The first-order valence-electron chi connectivity index (χ1n) is 9.96. The highest BCUT2D eigenvalue weighted by Gasteiger charge is 2.59. The lowest BCUT2D eigenvalue weighted by molar-refractivity contribution is -0.123. The molecule has 27 heavy (non-hydrogen) atoms. The van der Waals surface area contributed by atoms with Gasteiger partial charge in [0, 0.05) is 48.3 Å². The van der Waals surface area contributed by atoms with Gasteiger partial charge in [-0.1, -0.05) is 45.0 Å². The highest BCUT2D eigenvalue weighted by molar-refractivity contribution is 5.95. The standard InChI is InChI=1S/C24H25NO2/c1-23(2,3)14-6-8-16-19(11-14)24-12-15(26)7-9-17(20(27)13-24)21(24)18-5-4-10-25-22(16)18/h4-6,8,10-11,17,21H,7,9,12-13H2,1-3H3. The first kappa shape index (κ1) is 16.9. The van der Waals surface area contributed by atoms with Crippen molar-refractivity contribution < 1.29 is 9.59 Å². The zero-order valence-corrected chi connectivity index (χ0v) is 16.2. The Balaban J connectivity index is 1.86. The van der Waals surface area contributed by atoms with Crippen LogP contribution in [0.5, 0.6) is 0 Å². The van der Waals surface area contributed by atoms with Gasteiger partial charge in [-0.05, 0) is 34.6 Å². The van der Waals surface area contributed by atoms with Gasteiger partial charge in [-0.25, -0.2) is 0 Å². The van der Waals surface area contributed by atoms with E-state index in [1.807, 2.05) is 12.3 Å². The van der Waals surface area contributed by atoms with Crippen molar-refractivity contribution >= 4 is 11.6 Å². The Hall–Kier alpha value is -2.29. The van der Waals surface area contributed by atoms with Crippen molar-refractivity contribution in [3.63, 3.8) is 0 Å². The van der Waals surface area contributed by atoms with Crippen LogP contribution < -0.4 is 0 Å². The van der Waals surface area contributed by atoms with Crippen molar-refractivity contribution in [2.45, 2.75) is 63.2 Å². The van der Waals surface area contributed by atoms with Crippen LogP contribution in [0.1, 0.15) is 69.1 Å². The van der Waals surface area contributed by atoms with Gasteiger partial charge in [0.05, 0.1) is 5.69 Å². The highest BCUT2D eigenvalue weighted by Crippen LogP contribution is 2.63. The summed E-state index contributed by atoms with van der Waals surface area (Å²) in [5.41, 5.74) is 5.34. The van der Waals surface area contributed by atoms with Crippen molar-refractivity contribution in [2.75, 3.05) is 0 Å². The van der Waals surface area contributed by atoms with E-state index in [2.05, 4.69) is 45.0 Å². The molecule has 5 rings (SSSR count). The minimum atomic E-state index is -0.387. The van der Waals surface area contributed by atoms with Crippen molar-refractivity contribution in [3.05, 3.63) is 53.2 Å². The molecule has 1 aromatic heterocycles. The van der Waals surface area contributed by atoms with Crippen molar-refractivity contribution in [2.24, 2.45) is 5.92 Å². The highest BCUT2D eigenvalue weighted by atomic mass is 16.1. The fourth-order valence-corrected chi connectivity index (χ4v) is 5.78. The maximum atomic E-state index is 13.0. The number of carbonyl (C=O) groups is 2. The SMILES string of the molecule is CC(C)(C)c1ccc2c(c1)C13CC(=O)CCC(C(=O)C1)C3c1cccnc1-2. The molecule has 2 saturated carbocycles. The summed E-state index contributed by atoms with van der Waals surface area (Å²) in [6.07, 6.45) is 4.02. The first-order valence-corrected chi connectivity index (χ1v) is 9.96. The van der Waals surface area contributed by atoms with E-state index in [0.717, 1.165) is 11.3 Å². The second-order valence-electron chi connectivity index (χ2n) is 9.59. The molecular weight excluding hydrogens is 334 g/mol. The minimum absolute atomic E-state index is 0.0162. The number of carbonyl (C=O) groups excluding carboxylic acids is 2.